The summed E-state index contributed by atoms with van der Waals surface area (Å²) in [5.41, 5.74) is 8.81. The molecule has 0 bridgehead atoms. The Balaban J connectivity index is 1.77. The van der Waals surface area contributed by atoms with Gasteiger partial charge in [-0.15, -0.1) is 0 Å². The molecule has 1 fully saturated rings. The molecule has 13 nitrogen and oxygen atoms in total. The molecular formula is C23H31ClN10O3S. The van der Waals surface area contributed by atoms with Gasteiger partial charge in [-0.25, -0.2) is 30.1 Å². The van der Waals surface area contributed by atoms with Gasteiger partial charge in [-0.05, 0) is 31.5 Å². The lowest BCUT2D eigenvalue weighted by atomic mass is 10.0. The van der Waals surface area contributed by atoms with Crippen molar-refractivity contribution >= 4 is 44.8 Å². The number of morpholine rings is 1. The fraction of sp³-hybridized carbons (Fsp3) is 0.391. The highest BCUT2D eigenvalue weighted by molar-refractivity contribution is 7.90. The number of nitrogens with one attached hydrogen (secondary N) is 1. The van der Waals surface area contributed by atoms with Crippen LogP contribution < -0.4 is 20.6 Å². The van der Waals surface area contributed by atoms with Gasteiger partial charge >= 0.3 is 10.2 Å². The number of rotatable bonds is 8. The minimum Gasteiger partial charge on any atom is -0.384 e. The Bertz CT molecular complexity index is 1400. The van der Waals surface area contributed by atoms with Crippen molar-refractivity contribution < 1.29 is 13.2 Å². The molecule has 0 radical (unpaired) electrons. The Kier molecular flexibility index (Phi) is 8.30. The molecule has 0 spiro atoms. The summed E-state index contributed by atoms with van der Waals surface area (Å²) in [6.07, 6.45) is 3.27. The topological polar surface area (TPSA) is 169 Å². The van der Waals surface area contributed by atoms with Crippen molar-refractivity contribution in [3.8, 4) is 11.3 Å². The Labute approximate surface area is 226 Å². The molecule has 0 aromatic carbocycles. The molecule has 38 heavy (non-hydrogen) atoms. The maximum Gasteiger partial charge on any atom is 0.312 e. The molecule has 15 heteroatoms. The Morgan fingerprint density at radius 2 is 1.84 bits per heavy atom. The van der Waals surface area contributed by atoms with Crippen LogP contribution in [0.25, 0.3) is 11.3 Å². The normalized spacial score (nSPS) is 15.4. The first-order valence-electron chi connectivity index (χ1n) is 11.8. The molecule has 1 saturated heterocycles. The standard InChI is InChI=1S/C23H31ClN10O3S/c1-14(33-5-7-37-8-6-33)16-9-18(19-11-21(25)30-15(2)29-19)23(28-12-16)31-17-10-20(22(24)27-13-17)34(32(3)4)38(26,35)36/h9-14H,5-8H2,1-4H3,(H,28,31)(H2,25,29,30)(H2,26,35,36). The number of aryl methyl sites for hydroxylation is 1. The molecule has 0 aliphatic carbocycles. The number of aromatic nitrogens is 4. The molecule has 5 N–H and O–H groups in total. The van der Waals surface area contributed by atoms with Crippen molar-refractivity contribution in [2.45, 2.75) is 19.9 Å². The first kappa shape index (κ1) is 27.9. The molecule has 4 rings (SSSR count). The van der Waals surface area contributed by atoms with Crippen molar-refractivity contribution in [2.24, 2.45) is 5.14 Å². The fourth-order valence-corrected chi connectivity index (χ4v) is 5.37. The van der Waals surface area contributed by atoms with Gasteiger partial charge in [0.15, 0.2) is 5.15 Å². The second-order valence-electron chi connectivity index (χ2n) is 9.01. The lowest BCUT2D eigenvalue weighted by Gasteiger charge is -2.32. The summed E-state index contributed by atoms with van der Waals surface area (Å²) in [4.78, 5) is 20.0. The monoisotopic (exact) mass is 562 g/mol. The molecule has 1 aliphatic heterocycles. The number of nitrogen functional groups attached to an aromatic ring is 1. The van der Waals surface area contributed by atoms with Crippen LogP contribution in [0.1, 0.15) is 24.4 Å². The van der Waals surface area contributed by atoms with E-state index in [1.807, 2.05) is 6.07 Å². The van der Waals surface area contributed by atoms with Crippen LogP contribution in [-0.2, 0) is 14.9 Å². The molecule has 1 aliphatic rings. The predicted molar refractivity (Wildman–Crippen MR) is 147 cm³/mol. The van der Waals surface area contributed by atoms with Gasteiger partial charge in [0.1, 0.15) is 23.1 Å². The van der Waals surface area contributed by atoms with Gasteiger partial charge in [0, 0.05) is 51.1 Å². The molecule has 1 unspecified atom stereocenters. The third-order valence-corrected chi connectivity index (χ3v) is 7.31. The van der Waals surface area contributed by atoms with E-state index in [0.29, 0.717) is 47.6 Å². The summed E-state index contributed by atoms with van der Waals surface area (Å²) >= 11 is 6.25. The maximum atomic E-state index is 12.2. The smallest absolute Gasteiger partial charge is 0.312 e. The molecule has 4 heterocycles. The summed E-state index contributed by atoms with van der Waals surface area (Å²) in [5.74, 6) is 1.31. The van der Waals surface area contributed by atoms with Gasteiger partial charge in [-0.1, -0.05) is 11.6 Å². The van der Waals surface area contributed by atoms with Crippen molar-refractivity contribution in [3.63, 3.8) is 0 Å². The number of pyridine rings is 2. The predicted octanol–water partition coefficient (Wildman–Crippen LogP) is 2.10. The second-order valence-corrected chi connectivity index (χ2v) is 10.7. The zero-order chi connectivity index (χ0) is 27.6. The van der Waals surface area contributed by atoms with E-state index >= 15 is 0 Å². The Hall–Kier alpha value is -3.14. The van der Waals surface area contributed by atoms with Gasteiger partial charge in [-0.2, -0.15) is 12.8 Å². The molecular weight excluding hydrogens is 532 g/mol. The van der Waals surface area contributed by atoms with E-state index in [9.17, 15) is 8.42 Å². The van der Waals surface area contributed by atoms with Crippen molar-refractivity contribution in [2.75, 3.05) is 55.9 Å². The summed E-state index contributed by atoms with van der Waals surface area (Å²) in [7, 11) is -1.12. The van der Waals surface area contributed by atoms with Gasteiger partial charge < -0.3 is 15.8 Å². The van der Waals surface area contributed by atoms with Crippen LogP contribution in [0.3, 0.4) is 0 Å². The average molecular weight is 563 g/mol. The van der Waals surface area contributed by atoms with Gasteiger partial charge in [0.2, 0.25) is 0 Å². The highest BCUT2D eigenvalue weighted by Crippen LogP contribution is 2.34. The van der Waals surface area contributed by atoms with Gasteiger partial charge in [0.25, 0.3) is 0 Å². The molecule has 0 saturated carbocycles. The minimum absolute atomic E-state index is 0.0414. The quantitative estimate of drug-likeness (QED) is 0.271. The average Bonchev–Trinajstić information content (AvgIpc) is 2.84. The van der Waals surface area contributed by atoms with Crippen LogP contribution in [0.4, 0.5) is 23.0 Å². The Morgan fingerprint density at radius 1 is 1.13 bits per heavy atom. The van der Waals surface area contributed by atoms with E-state index in [1.165, 1.54) is 31.4 Å². The van der Waals surface area contributed by atoms with Gasteiger partial charge in [0.05, 0.1) is 30.8 Å². The van der Waals surface area contributed by atoms with Crippen molar-refractivity contribution in [1.29, 1.82) is 0 Å². The number of hydrogen-bond donors (Lipinski definition) is 3. The van der Waals surface area contributed by atoms with E-state index in [-0.39, 0.29) is 16.9 Å². The fourth-order valence-electron chi connectivity index (χ4n) is 4.26. The number of ether oxygens (including phenoxy) is 1. The Morgan fingerprint density at radius 3 is 2.47 bits per heavy atom. The van der Waals surface area contributed by atoms with Crippen LogP contribution in [-0.4, -0.2) is 78.7 Å². The molecule has 3 aromatic rings. The highest BCUT2D eigenvalue weighted by atomic mass is 35.5. The van der Waals surface area contributed by atoms with Crippen LogP contribution >= 0.6 is 11.6 Å². The summed E-state index contributed by atoms with van der Waals surface area (Å²) in [6, 6.07) is 5.30. The number of nitrogens with two attached hydrogens (primary N) is 2. The first-order chi connectivity index (χ1) is 17.9. The zero-order valence-corrected chi connectivity index (χ0v) is 23.2. The van der Waals surface area contributed by atoms with E-state index in [4.69, 9.17) is 32.2 Å². The first-order valence-corrected chi connectivity index (χ1v) is 13.7. The van der Waals surface area contributed by atoms with Crippen molar-refractivity contribution in [1.82, 2.24) is 29.8 Å². The number of anilines is 4. The number of hydrogen-bond acceptors (Lipinski definition) is 11. The van der Waals surface area contributed by atoms with E-state index < -0.39 is 10.2 Å². The van der Waals surface area contributed by atoms with Crippen LogP contribution in [0.5, 0.6) is 0 Å². The third kappa shape index (κ3) is 6.28. The third-order valence-electron chi connectivity index (χ3n) is 6.01. The number of nitrogens with zero attached hydrogens (tertiary/aromatic N) is 7. The zero-order valence-electron chi connectivity index (χ0n) is 21.6. The molecule has 1 atom stereocenters. The highest BCUT2D eigenvalue weighted by Gasteiger charge is 2.25. The lowest BCUT2D eigenvalue weighted by molar-refractivity contribution is 0.0198. The van der Waals surface area contributed by atoms with Crippen LogP contribution in [0.15, 0.2) is 30.6 Å². The maximum absolute atomic E-state index is 12.2. The minimum atomic E-state index is -4.17. The summed E-state index contributed by atoms with van der Waals surface area (Å²) in [5, 5.41) is 9.89. The second kappa shape index (κ2) is 11.3. The molecule has 0 amide bonds. The molecule has 204 valence electrons. The van der Waals surface area contributed by atoms with Crippen molar-refractivity contribution in [3.05, 3.63) is 47.1 Å². The van der Waals surface area contributed by atoms with E-state index in [0.717, 1.165) is 23.1 Å². The molecule has 3 aromatic heterocycles. The number of halogens is 1. The van der Waals surface area contributed by atoms with Crippen LogP contribution in [0, 0.1) is 6.92 Å². The number of hydrazine groups is 1. The SMILES string of the molecule is Cc1nc(N)cc(-c2cc(C(C)N3CCOCC3)cnc2Nc2cnc(Cl)c(N(N(C)C)S(N)(=O)=O)c2)n1. The van der Waals surface area contributed by atoms with E-state index in [1.54, 1.807) is 19.2 Å². The summed E-state index contributed by atoms with van der Waals surface area (Å²) in [6.45, 7) is 6.89. The largest absolute Gasteiger partial charge is 0.384 e. The summed E-state index contributed by atoms with van der Waals surface area (Å²) < 4.78 is 30.8. The lowest BCUT2D eigenvalue weighted by Crippen LogP contribution is -2.46. The van der Waals surface area contributed by atoms with Gasteiger partial charge in [-0.3, -0.25) is 4.90 Å². The van der Waals surface area contributed by atoms with E-state index in [2.05, 4.69) is 32.1 Å². The van der Waals surface area contributed by atoms with Crippen LogP contribution in [0.2, 0.25) is 5.15 Å².